The van der Waals surface area contributed by atoms with Crippen LogP contribution in [-0.4, -0.2) is 23.5 Å². The molecule has 0 atom stereocenters. The van der Waals surface area contributed by atoms with Crippen molar-refractivity contribution in [3.8, 4) is 0 Å². The number of nitrogens with zero attached hydrogens (tertiary/aromatic N) is 1. The molecule has 7 heteroatoms. The van der Waals surface area contributed by atoms with E-state index in [2.05, 4.69) is 6.92 Å². The average molecular weight is 470 g/mol. The summed E-state index contributed by atoms with van der Waals surface area (Å²) in [4.78, 5) is 35.6. The maximum atomic E-state index is 12.6. The predicted octanol–water partition coefficient (Wildman–Crippen LogP) is 6.95. The molecular weight excluding hydrogens is 434 g/mol. The standard InChI is InChI=1S/C27H35NO6/c1-3-4-5-6-7-8-9-10-13-18-33-26(29)23-14-11-12-15-24(23)27(30)34-20-22-16-17-25(28(31)32)21(2)19-22/h11-12,14-17,19H,3-10,13,18,20H2,1-2H3. The number of ether oxygens (including phenoxy) is 2. The molecule has 7 nitrogen and oxygen atoms in total. The summed E-state index contributed by atoms with van der Waals surface area (Å²) in [7, 11) is 0. The van der Waals surface area contributed by atoms with E-state index < -0.39 is 16.9 Å². The van der Waals surface area contributed by atoms with Crippen molar-refractivity contribution < 1.29 is 24.0 Å². The van der Waals surface area contributed by atoms with Crippen LogP contribution in [0.1, 0.15) is 96.6 Å². The van der Waals surface area contributed by atoms with Crippen LogP contribution >= 0.6 is 0 Å². The van der Waals surface area contributed by atoms with Gasteiger partial charge in [0.25, 0.3) is 5.69 Å². The number of nitro groups is 1. The van der Waals surface area contributed by atoms with E-state index in [0.717, 1.165) is 19.3 Å². The Morgan fingerprint density at radius 1 is 0.824 bits per heavy atom. The number of esters is 2. The smallest absolute Gasteiger partial charge is 0.339 e. The van der Waals surface area contributed by atoms with Gasteiger partial charge in [-0.15, -0.1) is 0 Å². The van der Waals surface area contributed by atoms with Gasteiger partial charge in [0, 0.05) is 11.6 Å². The van der Waals surface area contributed by atoms with E-state index in [9.17, 15) is 19.7 Å². The fraction of sp³-hybridized carbons (Fsp3) is 0.481. The summed E-state index contributed by atoms with van der Waals surface area (Å²) in [6.45, 7) is 4.10. The number of benzene rings is 2. The lowest BCUT2D eigenvalue weighted by molar-refractivity contribution is -0.385. The SMILES string of the molecule is CCCCCCCCCCCOC(=O)c1ccccc1C(=O)OCc1ccc([N+](=O)[O-])c(C)c1. The van der Waals surface area contributed by atoms with E-state index in [1.54, 1.807) is 37.3 Å². The van der Waals surface area contributed by atoms with Gasteiger partial charge in [0.1, 0.15) is 6.61 Å². The van der Waals surface area contributed by atoms with Crippen LogP contribution in [-0.2, 0) is 16.1 Å². The van der Waals surface area contributed by atoms with Gasteiger partial charge < -0.3 is 9.47 Å². The van der Waals surface area contributed by atoms with Crippen molar-refractivity contribution in [1.82, 2.24) is 0 Å². The number of hydrogen-bond acceptors (Lipinski definition) is 6. The van der Waals surface area contributed by atoms with Crippen LogP contribution in [0.5, 0.6) is 0 Å². The quantitative estimate of drug-likeness (QED) is 0.121. The summed E-state index contributed by atoms with van der Waals surface area (Å²) in [6.07, 6.45) is 10.6. The van der Waals surface area contributed by atoms with Crippen LogP contribution in [0.25, 0.3) is 0 Å². The van der Waals surface area contributed by atoms with E-state index in [-0.39, 0.29) is 23.4 Å². The monoisotopic (exact) mass is 469 g/mol. The van der Waals surface area contributed by atoms with Crippen molar-refractivity contribution in [2.75, 3.05) is 6.61 Å². The van der Waals surface area contributed by atoms with Crippen molar-refractivity contribution in [3.05, 3.63) is 74.8 Å². The molecular formula is C27H35NO6. The third-order valence-electron chi connectivity index (χ3n) is 5.68. The molecule has 0 saturated heterocycles. The lowest BCUT2D eigenvalue weighted by Gasteiger charge is -2.10. The summed E-state index contributed by atoms with van der Waals surface area (Å²) < 4.78 is 10.7. The molecule has 184 valence electrons. The first-order chi connectivity index (χ1) is 16.4. The zero-order valence-corrected chi connectivity index (χ0v) is 20.2. The Labute approximate surface area is 201 Å². The summed E-state index contributed by atoms with van der Waals surface area (Å²) in [5.41, 5.74) is 1.43. The Kier molecular flexibility index (Phi) is 11.8. The van der Waals surface area contributed by atoms with Gasteiger partial charge >= 0.3 is 11.9 Å². The van der Waals surface area contributed by atoms with E-state index in [1.807, 2.05) is 0 Å². The highest BCUT2D eigenvalue weighted by Gasteiger charge is 2.19. The van der Waals surface area contributed by atoms with Gasteiger partial charge in [-0.05, 0) is 43.2 Å². The first-order valence-electron chi connectivity index (χ1n) is 12.1. The van der Waals surface area contributed by atoms with Crippen LogP contribution in [0.4, 0.5) is 5.69 Å². The number of carbonyl (C=O) groups excluding carboxylic acids is 2. The lowest BCUT2D eigenvalue weighted by atomic mass is 10.1. The highest BCUT2D eigenvalue weighted by molar-refractivity contribution is 6.03. The zero-order chi connectivity index (χ0) is 24.8. The minimum absolute atomic E-state index is 0.00939. The topological polar surface area (TPSA) is 95.7 Å². The van der Waals surface area contributed by atoms with Gasteiger partial charge in [-0.3, -0.25) is 10.1 Å². The molecule has 0 heterocycles. The molecule has 2 aromatic rings. The Bertz CT molecular complexity index is 956. The maximum absolute atomic E-state index is 12.6. The number of hydrogen-bond donors (Lipinski definition) is 0. The van der Waals surface area contributed by atoms with Crippen LogP contribution in [0.2, 0.25) is 0 Å². The second kappa shape index (κ2) is 14.8. The molecule has 0 spiro atoms. The van der Waals surface area contributed by atoms with Crippen molar-refractivity contribution >= 4 is 17.6 Å². The van der Waals surface area contributed by atoms with Gasteiger partial charge in [0.2, 0.25) is 0 Å². The van der Waals surface area contributed by atoms with Crippen LogP contribution in [0.15, 0.2) is 42.5 Å². The van der Waals surface area contributed by atoms with E-state index in [1.165, 1.54) is 50.7 Å². The Morgan fingerprint density at radius 2 is 1.38 bits per heavy atom. The van der Waals surface area contributed by atoms with Gasteiger partial charge in [0.15, 0.2) is 0 Å². The largest absolute Gasteiger partial charge is 0.462 e. The number of unbranched alkanes of at least 4 members (excludes halogenated alkanes) is 8. The first kappa shape index (κ1) is 27.0. The Morgan fingerprint density at radius 3 is 1.94 bits per heavy atom. The average Bonchev–Trinajstić information content (AvgIpc) is 2.83. The summed E-state index contributed by atoms with van der Waals surface area (Å²) in [6, 6.07) is 10.9. The second-order valence-electron chi connectivity index (χ2n) is 8.46. The molecule has 0 aliphatic carbocycles. The van der Waals surface area contributed by atoms with Crippen molar-refractivity contribution in [1.29, 1.82) is 0 Å². The second-order valence-corrected chi connectivity index (χ2v) is 8.46. The number of rotatable bonds is 15. The summed E-state index contributed by atoms with van der Waals surface area (Å²) >= 11 is 0. The molecule has 0 saturated carbocycles. The summed E-state index contributed by atoms with van der Waals surface area (Å²) in [5.74, 6) is -1.19. The minimum Gasteiger partial charge on any atom is -0.462 e. The minimum atomic E-state index is -0.647. The zero-order valence-electron chi connectivity index (χ0n) is 20.2. The third-order valence-corrected chi connectivity index (χ3v) is 5.68. The number of aryl methyl sites for hydroxylation is 1. The van der Waals surface area contributed by atoms with Crippen molar-refractivity contribution in [2.24, 2.45) is 0 Å². The van der Waals surface area contributed by atoms with Crippen LogP contribution < -0.4 is 0 Å². The summed E-state index contributed by atoms with van der Waals surface area (Å²) in [5, 5.41) is 10.9. The molecule has 2 rings (SSSR count). The maximum Gasteiger partial charge on any atom is 0.339 e. The molecule has 34 heavy (non-hydrogen) atoms. The van der Waals surface area contributed by atoms with E-state index >= 15 is 0 Å². The predicted molar refractivity (Wildman–Crippen MR) is 131 cm³/mol. The van der Waals surface area contributed by atoms with Gasteiger partial charge in [0.05, 0.1) is 22.7 Å². The van der Waals surface area contributed by atoms with E-state index in [4.69, 9.17) is 9.47 Å². The molecule has 0 unspecified atom stereocenters. The molecule has 2 aromatic carbocycles. The number of nitro benzene ring substituents is 1. The van der Waals surface area contributed by atoms with Gasteiger partial charge in [-0.25, -0.2) is 9.59 Å². The lowest BCUT2D eigenvalue weighted by Crippen LogP contribution is -2.14. The molecule has 0 amide bonds. The Balaban J connectivity index is 1.79. The van der Waals surface area contributed by atoms with Crippen LogP contribution in [0, 0.1) is 17.0 Å². The van der Waals surface area contributed by atoms with E-state index in [0.29, 0.717) is 17.7 Å². The molecule has 0 fully saturated rings. The van der Waals surface area contributed by atoms with Gasteiger partial charge in [-0.2, -0.15) is 0 Å². The fourth-order valence-electron chi connectivity index (χ4n) is 3.73. The molecule has 0 aliphatic heterocycles. The molecule has 0 bridgehead atoms. The first-order valence-corrected chi connectivity index (χ1v) is 12.1. The molecule has 0 aromatic heterocycles. The Hall–Kier alpha value is -3.22. The van der Waals surface area contributed by atoms with Crippen LogP contribution in [0.3, 0.4) is 0 Å². The molecule has 0 N–H and O–H groups in total. The fourth-order valence-corrected chi connectivity index (χ4v) is 3.73. The normalized spacial score (nSPS) is 10.6. The van der Waals surface area contributed by atoms with Crippen molar-refractivity contribution in [2.45, 2.75) is 78.2 Å². The van der Waals surface area contributed by atoms with Gasteiger partial charge in [-0.1, -0.05) is 70.4 Å². The third kappa shape index (κ3) is 8.96. The highest BCUT2D eigenvalue weighted by atomic mass is 16.6. The number of carbonyl (C=O) groups is 2. The van der Waals surface area contributed by atoms with Crippen molar-refractivity contribution in [3.63, 3.8) is 0 Å². The molecule has 0 radical (unpaired) electrons. The highest BCUT2D eigenvalue weighted by Crippen LogP contribution is 2.20. The molecule has 0 aliphatic rings.